The van der Waals surface area contributed by atoms with Crippen molar-refractivity contribution < 1.29 is 28.4 Å². The fourth-order valence-corrected chi connectivity index (χ4v) is 4.28. The Morgan fingerprint density at radius 2 is 1.10 bits per heavy atom. The molecule has 2 saturated heterocycles. The maximum Gasteiger partial charge on any atom is 0.330 e. The average molecular weight is 537 g/mol. The Bertz CT molecular complexity index is 1160. The molecule has 10 nitrogen and oxygen atoms in total. The molecule has 1 N–H and O–H groups in total. The van der Waals surface area contributed by atoms with Crippen molar-refractivity contribution in [3.63, 3.8) is 0 Å². The number of epoxide rings is 2. The van der Waals surface area contributed by atoms with Crippen molar-refractivity contribution in [3.8, 4) is 35.0 Å². The Balaban J connectivity index is 1.31. The van der Waals surface area contributed by atoms with Crippen molar-refractivity contribution in [2.24, 2.45) is 5.41 Å². The molecule has 3 aromatic rings. The molecule has 2 atom stereocenters. The number of nitrogens with zero attached hydrogens (tertiary/aromatic N) is 3. The first-order valence-corrected chi connectivity index (χ1v) is 13.2. The van der Waals surface area contributed by atoms with E-state index in [0.717, 1.165) is 31.1 Å². The van der Waals surface area contributed by atoms with Gasteiger partial charge in [-0.1, -0.05) is 20.8 Å². The maximum absolute atomic E-state index is 5.99. The number of rotatable bonds is 13. The summed E-state index contributed by atoms with van der Waals surface area (Å²) in [5.41, 5.74) is -0.185. The molecule has 208 valence electrons. The largest absolute Gasteiger partial charge is 0.491 e. The highest BCUT2D eigenvalue weighted by Crippen LogP contribution is 2.31. The van der Waals surface area contributed by atoms with Crippen LogP contribution in [0.25, 0.3) is 0 Å². The summed E-state index contributed by atoms with van der Waals surface area (Å²) < 4.78 is 33.8. The van der Waals surface area contributed by atoms with Crippen LogP contribution in [0.3, 0.4) is 0 Å². The molecule has 10 heteroatoms. The van der Waals surface area contributed by atoms with Crippen LogP contribution in [0.5, 0.6) is 35.0 Å². The van der Waals surface area contributed by atoms with Gasteiger partial charge < -0.3 is 33.7 Å². The van der Waals surface area contributed by atoms with Crippen LogP contribution >= 0.6 is 0 Å². The van der Waals surface area contributed by atoms with Crippen molar-refractivity contribution >= 4 is 5.95 Å². The van der Waals surface area contributed by atoms with Gasteiger partial charge in [-0.15, -0.1) is 4.98 Å². The monoisotopic (exact) mass is 536 g/mol. The number of hydrogen-bond donors (Lipinski definition) is 1. The Morgan fingerprint density at radius 1 is 0.692 bits per heavy atom. The van der Waals surface area contributed by atoms with Gasteiger partial charge >= 0.3 is 12.0 Å². The third-order valence-corrected chi connectivity index (χ3v) is 5.76. The highest BCUT2D eigenvalue weighted by molar-refractivity contribution is 5.37. The lowest BCUT2D eigenvalue weighted by atomic mass is 9.82. The molecule has 2 aliphatic rings. The van der Waals surface area contributed by atoms with Crippen molar-refractivity contribution in [3.05, 3.63) is 48.5 Å². The third-order valence-electron chi connectivity index (χ3n) is 5.76. The summed E-state index contributed by atoms with van der Waals surface area (Å²) in [6, 6.07) is 14.8. The van der Waals surface area contributed by atoms with Gasteiger partial charge in [0.25, 0.3) is 0 Å². The van der Waals surface area contributed by atoms with Crippen LogP contribution in [0.15, 0.2) is 48.5 Å². The van der Waals surface area contributed by atoms with E-state index in [1.807, 2.05) is 24.3 Å². The second-order valence-electron chi connectivity index (χ2n) is 11.7. The molecule has 39 heavy (non-hydrogen) atoms. The van der Waals surface area contributed by atoms with E-state index in [0.29, 0.717) is 30.7 Å². The van der Waals surface area contributed by atoms with Gasteiger partial charge in [-0.2, -0.15) is 9.97 Å². The Labute approximate surface area is 229 Å². The molecule has 1 aromatic heterocycles. The van der Waals surface area contributed by atoms with Gasteiger partial charge in [0.05, 0.1) is 13.2 Å². The van der Waals surface area contributed by atoms with Crippen LogP contribution in [0.4, 0.5) is 5.95 Å². The van der Waals surface area contributed by atoms with E-state index < -0.39 is 0 Å². The van der Waals surface area contributed by atoms with E-state index in [1.54, 1.807) is 24.3 Å². The number of hydrogen-bond acceptors (Lipinski definition) is 10. The summed E-state index contributed by atoms with van der Waals surface area (Å²) in [6.07, 6.45) is 1.27. The van der Waals surface area contributed by atoms with Gasteiger partial charge in [0.2, 0.25) is 5.95 Å². The molecule has 2 aliphatic heterocycles. The zero-order valence-corrected chi connectivity index (χ0v) is 23.1. The SMILES string of the molecule is CC(C)(C)CC(C)(C)Nc1nc(Oc2ccc(OCC3CO3)cc2)nc(Oc2ccc(OCC3CO3)cc2)n1. The molecule has 0 spiro atoms. The van der Waals surface area contributed by atoms with E-state index in [2.05, 4.69) is 54.9 Å². The number of benzene rings is 2. The highest BCUT2D eigenvalue weighted by atomic mass is 16.6. The van der Waals surface area contributed by atoms with Gasteiger partial charge in [-0.25, -0.2) is 0 Å². The fourth-order valence-electron chi connectivity index (χ4n) is 4.28. The molecule has 0 amide bonds. The quantitative estimate of drug-likeness (QED) is 0.275. The fraction of sp³-hybridized carbons (Fsp3) is 0.483. The summed E-state index contributed by atoms with van der Waals surface area (Å²) in [6.45, 7) is 13.4. The van der Waals surface area contributed by atoms with Crippen LogP contribution in [-0.4, -0.2) is 59.1 Å². The first kappa shape index (κ1) is 27.0. The molecule has 0 radical (unpaired) electrons. The van der Waals surface area contributed by atoms with Gasteiger partial charge in [-0.05, 0) is 74.2 Å². The summed E-state index contributed by atoms with van der Waals surface area (Å²) in [4.78, 5) is 13.4. The maximum atomic E-state index is 5.99. The third kappa shape index (κ3) is 8.97. The van der Waals surface area contributed by atoms with Gasteiger partial charge in [0.15, 0.2) is 0 Å². The second-order valence-corrected chi connectivity index (χ2v) is 11.7. The Morgan fingerprint density at radius 3 is 1.49 bits per heavy atom. The smallest absolute Gasteiger partial charge is 0.330 e. The zero-order chi connectivity index (χ0) is 27.5. The highest BCUT2D eigenvalue weighted by Gasteiger charge is 2.27. The summed E-state index contributed by atoms with van der Waals surface area (Å²) in [7, 11) is 0. The summed E-state index contributed by atoms with van der Waals surface area (Å²) in [5, 5.41) is 3.43. The van der Waals surface area contributed by atoms with Gasteiger partial charge in [0, 0.05) is 5.54 Å². The molecular weight excluding hydrogens is 500 g/mol. The van der Waals surface area contributed by atoms with Crippen LogP contribution in [0, 0.1) is 5.41 Å². The molecule has 2 aromatic carbocycles. The molecule has 0 bridgehead atoms. The molecule has 0 aliphatic carbocycles. The molecule has 0 saturated carbocycles. The summed E-state index contributed by atoms with van der Waals surface area (Å²) in [5.74, 6) is 2.95. The van der Waals surface area contributed by atoms with E-state index in [4.69, 9.17) is 28.4 Å². The normalized spacial score (nSPS) is 18.3. The Kier molecular flexibility index (Phi) is 7.76. The lowest BCUT2D eigenvalue weighted by Gasteiger charge is -2.33. The van der Waals surface area contributed by atoms with Crippen molar-refractivity contribution in [2.75, 3.05) is 31.7 Å². The van der Waals surface area contributed by atoms with Gasteiger partial charge in [-0.3, -0.25) is 0 Å². The lowest BCUT2D eigenvalue weighted by molar-refractivity contribution is 0.262. The molecule has 3 heterocycles. The van der Waals surface area contributed by atoms with Crippen molar-refractivity contribution in [1.29, 1.82) is 0 Å². The molecule has 2 fully saturated rings. The first-order valence-electron chi connectivity index (χ1n) is 13.2. The van der Waals surface area contributed by atoms with E-state index in [-0.39, 0.29) is 35.2 Å². The standard InChI is InChI=1S/C29H36N4O6/c1-28(2,3)18-29(4,5)33-25-30-26(38-21-10-6-19(7-11-21)34-14-23-16-36-23)32-27(31-25)39-22-12-8-20(9-13-22)35-15-24-17-37-24/h6-13,23-24H,14-18H2,1-5H3,(H,30,31,32,33). The van der Waals surface area contributed by atoms with Crippen molar-refractivity contribution in [2.45, 2.75) is 58.8 Å². The van der Waals surface area contributed by atoms with Gasteiger partial charge in [0.1, 0.15) is 48.4 Å². The predicted molar refractivity (Wildman–Crippen MR) is 145 cm³/mol. The van der Waals surface area contributed by atoms with Crippen LogP contribution < -0.4 is 24.3 Å². The van der Waals surface area contributed by atoms with Crippen LogP contribution in [-0.2, 0) is 9.47 Å². The minimum atomic E-state index is -0.289. The van der Waals surface area contributed by atoms with Crippen LogP contribution in [0.2, 0.25) is 0 Å². The molecule has 2 unspecified atom stereocenters. The number of aromatic nitrogens is 3. The minimum Gasteiger partial charge on any atom is -0.491 e. The van der Waals surface area contributed by atoms with Crippen molar-refractivity contribution in [1.82, 2.24) is 15.0 Å². The van der Waals surface area contributed by atoms with Crippen LogP contribution in [0.1, 0.15) is 41.0 Å². The zero-order valence-electron chi connectivity index (χ0n) is 23.1. The lowest BCUT2D eigenvalue weighted by Crippen LogP contribution is -2.36. The number of nitrogens with one attached hydrogen (secondary N) is 1. The minimum absolute atomic E-state index is 0.104. The van der Waals surface area contributed by atoms with E-state index in [9.17, 15) is 0 Å². The summed E-state index contributed by atoms with van der Waals surface area (Å²) >= 11 is 0. The van der Waals surface area contributed by atoms with E-state index in [1.165, 1.54) is 0 Å². The average Bonchev–Trinajstić information content (AvgIpc) is 3.77. The molecule has 5 rings (SSSR count). The number of ether oxygens (including phenoxy) is 6. The Hall–Kier alpha value is -3.63. The predicted octanol–water partition coefficient (Wildman–Crippen LogP) is 5.64. The topological polar surface area (TPSA) is 113 Å². The molecular formula is C29H36N4O6. The number of anilines is 1. The first-order chi connectivity index (χ1) is 18.6. The van der Waals surface area contributed by atoms with E-state index >= 15 is 0 Å². The second kappa shape index (κ2) is 11.2.